The van der Waals surface area contributed by atoms with E-state index < -0.39 is 0 Å². The number of carbonyl (C=O) groups excluding carboxylic acids is 1. The van der Waals surface area contributed by atoms with Crippen LogP contribution in [0.5, 0.6) is 11.5 Å². The molecule has 1 aliphatic carbocycles. The highest BCUT2D eigenvalue weighted by Gasteiger charge is 2.35. The molecular formula is C12H12O3. The van der Waals surface area contributed by atoms with Crippen LogP contribution in [-0.2, 0) is 0 Å². The van der Waals surface area contributed by atoms with Gasteiger partial charge in [-0.05, 0) is 18.6 Å². The summed E-state index contributed by atoms with van der Waals surface area (Å²) in [4.78, 5) is 11.9. The molecule has 0 N–H and O–H groups in total. The number of benzene rings is 1. The fourth-order valence-corrected chi connectivity index (χ4v) is 2.50. The van der Waals surface area contributed by atoms with E-state index in [9.17, 15) is 4.79 Å². The molecule has 3 nitrogen and oxygen atoms in total. The first kappa shape index (κ1) is 8.77. The second-order valence-electron chi connectivity index (χ2n) is 4.02. The first-order valence-corrected chi connectivity index (χ1v) is 5.18. The normalized spacial score (nSPS) is 22.2. The van der Waals surface area contributed by atoms with Crippen molar-refractivity contribution in [2.45, 2.75) is 18.8 Å². The van der Waals surface area contributed by atoms with Crippen LogP contribution in [0.15, 0.2) is 12.1 Å². The summed E-state index contributed by atoms with van der Waals surface area (Å²) in [5.41, 5.74) is 1.83. The van der Waals surface area contributed by atoms with Gasteiger partial charge in [-0.25, -0.2) is 0 Å². The maximum Gasteiger partial charge on any atom is 0.167 e. The summed E-state index contributed by atoms with van der Waals surface area (Å²) in [6, 6.07) is 3.72. The van der Waals surface area contributed by atoms with Crippen molar-refractivity contribution in [1.29, 1.82) is 0 Å². The molecule has 0 spiro atoms. The Labute approximate surface area is 88.0 Å². The molecule has 1 aromatic carbocycles. The lowest BCUT2D eigenvalue weighted by atomic mass is 9.83. The number of rotatable bonds is 1. The zero-order chi connectivity index (χ0) is 10.4. The Bertz CT molecular complexity index is 437. The lowest BCUT2D eigenvalue weighted by Crippen LogP contribution is -2.15. The fourth-order valence-electron chi connectivity index (χ4n) is 2.50. The molecule has 3 rings (SSSR count). The van der Waals surface area contributed by atoms with E-state index in [1.54, 1.807) is 7.11 Å². The zero-order valence-corrected chi connectivity index (χ0v) is 8.58. The Balaban J connectivity index is 2.28. The second-order valence-corrected chi connectivity index (χ2v) is 4.02. The highest BCUT2D eigenvalue weighted by molar-refractivity contribution is 6.02. The van der Waals surface area contributed by atoms with Crippen molar-refractivity contribution in [2.24, 2.45) is 0 Å². The predicted molar refractivity (Wildman–Crippen MR) is 54.8 cm³/mol. The Hall–Kier alpha value is -1.51. The summed E-state index contributed by atoms with van der Waals surface area (Å²) in [5.74, 6) is 2.13. The van der Waals surface area contributed by atoms with Gasteiger partial charge in [0.2, 0.25) is 0 Å². The molecule has 15 heavy (non-hydrogen) atoms. The van der Waals surface area contributed by atoms with Gasteiger partial charge in [-0.3, -0.25) is 4.79 Å². The molecule has 0 aromatic heterocycles. The van der Waals surface area contributed by atoms with Crippen LogP contribution in [-0.4, -0.2) is 19.5 Å². The minimum Gasteiger partial charge on any atom is -0.496 e. The molecule has 0 bridgehead atoms. The SMILES string of the molecule is COc1ccc2c3c1C(=O)CCC3CO2. The lowest BCUT2D eigenvalue weighted by Gasteiger charge is -2.20. The Morgan fingerprint density at radius 1 is 1.47 bits per heavy atom. The quantitative estimate of drug-likeness (QED) is 0.703. The minimum absolute atomic E-state index is 0.186. The molecule has 1 heterocycles. The second kappa shape index (κ2) is 2.99. The minimum atomic E-state index is 0.186. The smallest absolute Gasteiger partial charge is 0.167 e. The molecule has 2 aliphatic rings. The van der Waals surface area contributed by atoms with Gasteiger partial charge in [0, 0.05) is 17.9 Å². The van der Waals surface area contributed by atoms with Crippen molar-refractivity contribution in [3.05, 3.63) is 23.3 Å². The van der Waals surface area contributed by atoms with Gasteiger partial charge in [0.15, 0.2) is 5.78 Å². The van der Waals surface area contributed by atoms with Crippen molar-refractivity contribution in [3.8, 4) is 11.5 Å². The van der Waals surface area contributed by atoms with Gasteiger partial charge in [-0.2, -0.15) is 0 Å². The van der Waals surface area contributed by atoms with Gasteiger partial charge in [0.25, 0.3) is 0 Å². The van der Waals surface area contributed by atoms with Gasteiger partial charge in [-0.15, -0.1) is 0 Å². The van der Waals surface area contributed by atoms with Crippen molar-refractivity contribution in [3.63, 3.8) is 0 Å². The van der Waals surface area contributed by atoms with Crippen molar-refractivity contribution in [2.75, 3.05) is 13.7 Å². The largest absolute Gasteiger partial charge is 0.496 e. The van der Waals surface area contributed by atoms with Crippen LogP contribution >= 0.6 is 0 Å². The van der Waals surface area contributed by atoms with Crippen molar-refractivity contribution >= 4 is 5.78 Å². The Morgan fingerprint density at radius 3 is 3.13 bits per heavy atom. The molecule has 0 radical (unpaired) electrons. The fraction of sp³-hybridized carbons (Fsp3) is 0.417. The number of hydrogen-bond acceptors (Lipinski definition) is 3. The van der Waals surface area contributed by atoms with Crippen LogP contribution in [0, 0.1) is 0 Å². The van der Waals surface area contributed by atoms with E-state index in [1.165, 1.54) is 0 Å². The van der Waals surface area contributed by atoms with Crippen LogP contribution in [0.4, 0.5) is 0 Å². The predicted octanol–water partition coefficient (Wildman–Crippen LogP) is 2.15. The molecule has 0 saturated heterocycles. The first-order valence-electron chi connectivity index (χ1n) is 5.18. The van der Waals surface area contributed by atoms with Crippen LogP contribution in [0.2, 0.25) is 0 Å². The first-order chi connectivity index (χ1) is 7.31. The maximum absolute atomic E-state index is 11.9. The lowest BCUT2D eigenvalue weighted by molar-refractivity contribution is 0.0964. The highest BCUT2D eigenvalue weighted by Crippen LogP contribution is 2.46. The molecule has 1 aromatic rings. The van der Waals surface area contributed by atoms with E-state index in [0.29, 0.717) is 24.7 Å². The van der Waals surface area contributed by atoms with Crippen LogP contribution < -0.4 is 9.47 Å². The summed E-state index contributed by atoms with van der Waals surface area (Å²) in [7, 11) is 1.60. The standard InChI is InChI=1S/C12H12O3/c1-14-9-4-5-10-11-7(6-15-10)2-3-8(13)12(9)11/h4-5,7H,2-3,6H2,1H3. The molecule has 0 saturated carbocycles. The van der Waals surface area contributed by atoms with Gasteiger partial charge in [0.05, 0.1) is 19.3 Å². The van der Waals surface area contributed by atoms with Gasteiger partial charge in [0.1, 0.15) is 11.5 Å². The topological polar surface area (TPSA) is 35.5 Å². The summed E-state index contributed by atoms with van der Waals surface area (Å²) < 4.78 is 10.8. The summed E-state index contributed by atoms with van der Waals surface area (Å²) in [6.45, 7) is 0.711. The van der Waals surface area contributed by atoms with E-state index in [2.05, 4.69) is 0 Å². The number of hydrogen-bond donors (Lipinski definition) is 0. The summed E-state index contributed by atoms with van der Waals surface area (Å²) in [5, 5.41) is 0. The molecule has 0 amide bonds. The molecule has 1 atom stereocenters. The number of Topliss-reactive ketones (excluding diaryl/α,β-unsaturated/α-hetero) is 1. The monoisotopic (exact) mass is 204 g/mol. The van der Waals surface area contributed by atoms with E-state index in [4.69, 9.17) is 9.47 Å². The van der Waals surface area contributed by atoms with Crippen molar-refractivity contribution < 1.29 is 14.3 Å². The maximum atomic E-state index is 11.9. The van der Waals surface area contributed by atoms with Gasteiger partial charge in [-0.1, -0.05) is 0 Å². The average molecular weight is 204 g/mol. The molecule has 1 aliphatic heterocycles. The number of ether oxygens (including phenoxy) is 2. The van der Waals surface area contributed by atoms with Crippen molar-refractivity contribution in [1.82, 2.24) is 0 Å². The van der Waals surface area contributed by atoms with Gasteiger partial charge < -0.3 is 9.47 Å². The van der Waals surface area contributed by atoms with E-state index in [0.717, 1.165) is 23.3 Å². The number of methoxy groups -OCH3 is 1. The van der Waals surface area contributed by atoms with Crippen LogP contribution in [0.25, 0.3) is 0 Å². The molecule has 1 unspecified atom stereocenters. The summed E-state index contributed by atoms with van der Waals surface area (Å²) >= 11 is 0. The molecular weight excluding hydrogens is 192 g/mol. The van der Waals surface area contributed by atoms with E-state index >= 15 is 0 Å². The van der Waals surface area contributed by atoms with E-state index in [1.807, 2.05) is 12.1 Å². The Morgan fingerprint density at radius 2 is 2.33 bits per heavy atom. The summed E-state index contributed by atoms with van der Waals surface area (Å²) in [6.07, 6.45) is 1.52. The highest BCUT2D eigenvalue weighted by atomic mass is 16.5. The zero-order valence-electron chi connectivity index (χ0n) is 8.58. The molecule has 0 fully saturated rings. The van der Waals surface area contributed by atoms with Crippen LogP contribution in [0.3, 0.4) is 0 Å². The van der Waals surface area contributed by atoms with Gasteiger partial charge >= 0.3 is 0 Å². The van der Waals surface area contributed by atoms with E-state index in [-0.39, 0.29) is 5.78 Å². The third-order valence-corrected chi connectivity index (χ3v) is 3.23. The number of carbonyl (C=O) groups is 1. The third-order valence-electron chi connectivity index (χ3n) is 3.23. The average Bonchev–Trinajstić information content (AvgIpc) is 2.68. The van der Waals surface area contributed by atoms with Crippen LogP contribution in [0.1, 0.15) is 34.7 Å². The number of ketones is 1. The molecule has 78 valence electrons. The third kappa shape index (κ3) is 1.09. The Kier molecular flexibility index (Phi) is 1.75. The molecule has 3 heteroatoms.